The van der Waals surface area contributed by atoms with Crippen molar-refractivity contribution in [2.75, 3.05) is 6.79 Å². The van der Waals surface area contributed by atoms with Crippen LogP contribution in [0.3, 0.4) is 0 Å². The van der Waals surface area contributed by atoms with Gasteiger partial charge >= 0.3 is 11.9 Å². The molecule has 0 heterocycles. The van der Waals surface area contributed by atoms with Crippen molar-refractivity contribution < 1.29 is 19.1 Å². The maximum Gasteiger partial charge on any atom is 0.313 e. The fraction of sp³-hybridized carbons (Fsp3) is 0.385. The average molecular weight is 236 g/mol. The lowest BCUT2D eigenvalue weighted by atomic mass is 10.1. The van der Waals surface area contributed by atoms with Crippen molar-refractivity contribution in [3.8, 4) is 0 Å². The van der Waals surface area contributed by atoms with Crippen molar-refractivity contribution in [3.05, 3.63) is 35.4 Å². The largest absolute Gasteiger partial charge is 0.428 e. The van der Waals surface area contributed by atoms with E-state index in [9.17, 15) is 9.59 Å². The van der Waals surface area contributed by atoms with Crippen LogP contribution in [0.25, 0.3) is 0 Å². The van der Waals surface area contributed by atoms with E-state index in [2.05, 4.69) is 11.7 Å². The summed E-state index contributed by atoms with van der Waals surface area (Å²) >= 11 is 0. The second kappa shape index (κ2) is 6.68. The molecule has 1 aromatic rings. The van der Waals surface area contributed by atoms with E-state index < -0.39 is 11.9 Å². The Morgan fingerprint density at radius 2 is 1.88 bits per heavy atom. The molecule has 0 saturated carbocycles. The average Bonchev–Trinajstić information content (AvgIpc) is 2.28. The quantitative estimate of drug-likeness (QED) is 0.578. The number of esters is 2. The Labute approximate surface area is 101 Å². The molecular formula is C13H16O4. The van der Waals surface area contributed by atoms with Crippen LogP contribution in [0, 0.1) is 0 Å². The van der Waals surface area contributed by atoms with Crippen molar-refractivity contribution in [1.82, 2.24) is 0 Å². The van der Waals surface area contributed by atoms with Gasteiger partial charge in [-0.3, -0.25) is 9.59 Å². The van der Waals surface area contributed by atoms with Gasteiger partial charge in [0.1, 0.15) is 0 Å². The van der Waals surface area contributed by atoms with Crippen molar-refractivity contribution in [3.63, 3.8) is 0 Å². The van der Waals surface area contributed by atoms with Crippen LogP contribution in [0.4, 0.5) is 0 Å². The Kier molecular flexibility index (Phi) is 5.20. The zero-order chi connectivity index (χ0) is 12.7. The van der Waals surface area contributed by atoms with Gasteiger partial charge in [0.15, 0.2) is 0 Å². The van der Waals surface area contributed by atoms with Crippen LogP contribution in [0.5, 0.6) is 0 Å². The van der Waals surface area contributed by atoms with Crippen molar-refractivity contribution in [2.24, 2.45) is 0 Å². The van der Waals surface area contributed by atoms with Gasteiger partial charge in [-0.05, 0) is 17.5 Å². The summed E-state index contributed by atoms with van der Waals surface area (Å²) in [6.45, 7) is 3.00. The predicted octanol–water partition coefficient (Wildman–Crippen LogP) is 1.86. The Morgan fingerprint density at radius 1 is 1.18 bits per heavy atom. The van der Waals surface area contributed by atoms with Crippen LogP contribution in [-0.2, 0) is 31.9 Å². The third kappa shape index (κ3) is 5.15. The predicted molar refractivity (Wildman–Crippen MR) is 62.2 cm³/mol. The van der Waals surface area contributed by atoms with Gasteiger partial charge in [0.25, 0.3) is 0 Å². The van der Waals surface area contributed by atoms with Crippen LogP contribution in [0.1, 0.15) is 25.0 Å². The Balaban J connectivity index is 2.42. The molecule has 4 nitrogen and oxygen atoms in total. The van der Waals surface area contributed by atoms with Gasteiger partial charge < -0.3 is 9.47 Å². The van der Waals surface area contributed by atoms with E-state index in [4.69, 9.17) is 4.74 Å². The standard InChI is InChI=1S/C13H16O4/c1-3-11-5-4-6-12(7-11)8-13(15)17-9-16-10(2)14/h4-7H,3,8-9H2,1-2H3. The molecule has 0 atom stereocenters. The Bertz CT molecular complexity index is 398. The normalized spacial score (nSPS) is 9.76. The topological polar surface area (TPSA) is 52.6 Å². The molecule has 0 aromatic heterocycles. The number of aryl methyl sites for hydroxylation is 1. The second-order valence-corrected chi connectivity index (χ2v) is 3.62. The molecule has 0 saturated heterocycles. The fourth-order valence-corrected chi connectivity index (χ4v) is 1.36. The zero-order valence-electron chi connectivity index (χ0n) is 10.1. The van der Waals surface area contributed by atoms with Gasteiger partial charge in [0.2, 0.25) is 6.79 Å². The smallest absolute Gasteiger partial charge is 0.313 e. The maximum absolute atomic E-state index is 11.4. The summed E-state index contributed by atoms with van der Waals surface area (Å²) in [5, 5.41) is 0. The third-order valence-corrected chi connectivity index (χ3v) is 2.23. The summed E-state index contributed by atoms with van der Waals surface area (Å²) in [5.41, 5.74) is 2.08. The van der Waals surface area contributed by atoms with Crippen molar-refractivity contribution >= 4 is 11.9 Å². The zero-order valence-corrected chi connectivity index (χ0v) is 10.1. The SMILES string of the molecule is CCc1cccc(CC(=O)OCOC(C)=O)c1. The highest BCUT2D eigenvalue weighted by Crippen LogP contribution is 2.07. The summed E-state index contributed by atoms with van der Waals surface area (Å²) < 4.78 is 9.26. The number of carbonyl (C=O) groups is 2. The van der Waals surface area contributed by atoms with Crippen LogP contribution < -0.4 is 0 Å². The molecule has 1 rings (SSSR count). The molecule has 0 aliphatic rings. The third-order valence-electron chi connectivity index (χ3n) is 2.23. The lowest BCUT2D eigenvalue weighted by Gasteiger charge is -2.05. The highest BCUT2D eigenvalue weighted by Gasteiger charge is 2.05. The first kappa shape index (κ1) is 13.2. The minimum Gasteiger partial charge on any atom is -0.428 e. The van der Waals surface area contributed by atoms with Crippen molar-refractivity contribution in [1.29, 1.82) is 0 Å². The molecule has 0 fully saturated rings. The molecule has 0 unspecified atom stereocenters. The number of rotatable bonds is 5. The van der Waals surface area contributed by atoms with E-state index in [1.54, 1.807) is 0 Å². The summed E-state index contributed by atoms with van der Waals surface area (Å²) in [4.78, 5) is 21.8. The molecule has 0 aliphatic carbocycles. The number of hydrogen-bond acceptors (Lipinski definition) is 4. The maximum atomic E-state index is 11.4. The van der Waals surface area contributed by atoms with E-state index in [0.717, 1.165) is 12.0 Å². The van der Waals surface area contributed by atoms with Gasteiger partial charge in [-0.1, -0.05) is 31.2 Å². The van der Waals surface area contributed by atoms with Gasteiger partial charge in [0.05, 0.1) is 6.42 Å². The summed E-state index contributed by atoms with van der Waals surface area (Å²) in [6.07, 6.45) is 1.12. The van der Waals surface area contributed by atoms with E-state index in [1.807, 2.05) is 24.3 Å². The molecule has 17 heavy (non-hydrogen) atoms. The van der Waals surface area contributed by atoms with E-state index in [1.165, 1.54) is 12.5 Å². The van der Waals surface area contributed by atoms with Gasteiger partial charge in [0, 0.05) is 6.92 Å². The van der Waals surface area contributed by atoms with E-state index >= 15 is 0 Å². The van der Waals surface area contributed by atoms with Gasteiger partial charge in [-0.2, -0.15) is 0 Å². The molecule has 0 radical (unpaired) electrons. The number of benzene rings is 1. The highest BCUT2D eigenvalue weighted by atomic mass is 16.7. The first-order chi connectivity index (χ1) is 8.11. The lowest BCUT2D eigenvalue weighted by Crippen LogP contribution is -2.12. The van der Waals surface area contributed by atoms with Crippen LogP contribution >= 0.6 is 0 Å². The van der Waals surface area contributed by atoms with Crippen molar-refractivity contribution in [2.45, 2.75) is 26.7 Å². The molecule has 4 heteroatoms. The monoisotopic (exact) mass is 236 g/mol. The second-order valence-electron chi connectivity index (χ2n) is 3.62. The molecule has 0 aliphatic heterocycles. The molecule has 92 valence electrons. The highest BCUT2D eigenvalue weighted by molar-refractivity contribution is 5.72. The molecule has 1 aromatic carbocycles. The number of carbonyl (C=O) groups excluding carboxylic acids is 2. The van der Waals surface area contributed by atoms with E-state index in [-0.39, 0.29) is 13.2 Å². The Morgan fingerprint density at radius 3 is 2.53 bits per heavy atom. The first-order valence-corrected chi connectivity index (χ1v) is 5.48. The molecule has 0 bridgehead atoms. The number of ether oxygens (including phenoxy) is 2. The number of hydrogen-bond donors (Lipinski definition) is 0. The molecule has 0 N–H and O–H groups in total. The first-order valence-electron chi connectivity index (χ1n) is 5.48. The summed E-state index contributed by atoms with van der Waals surface area (Å²) in [6, 6.07) is 7.75. The Hall–Kier alpha value is -1.84. The van der Waals surface area contributed by atoms with Crippen LogP contribution in [0.2, 0.25) is 0 Å². The van der Waals surface area contributed by atoms with Gasteiger partial charge in [-0.25, -0.2) is 0 Å². The van der Waals surface area contributed by atoms with Crippen LogP contribution in [-0.4, -0.2) is 18.7 Å². The van der Waals surface area contributed by atoms with E-state index in [0.29, 0.717) is 0 Å². The lowest BCUT2D eigenvalue weighted by molar-refractivity contribution is -0.165. The minimum atomic E-state index is -0.467. The molecule has 0 spiro atoms. The fourth-order valence-electron chi connectivity index (χ4n) is 1.36. The molecular weight excluding hydrogens is 220 g/mol. The van der Waals surface area contributed by atoms with Crippen LogP contribution in [0.15, 0.2) is 24.3 Å². The summed E-state index contributed by atoms with van der Waals surface area (Å²) in [5.74, 6) is -0.870. The minimum absolute atomic E-state index is 0.190. The molecule has 0 amide bonds. The summed E-state index contributed by atoms with van der Waals surface area (Å²) in [7, 11) is 0. The van der Waals surface area contributed by atoms with Gasteiger partial charge in [-0.15, -0.1) is 0 Å².